The molecule has 112 valence electrons. The average Bonchev–Trinajstić information content (AvgIpc) is 2.83. The Labute approximate surface area is 124 Å². The first kappa shape index (κ1) is 14.2. The maximum absolute atomic E-state index is 8.97. The van der Waals surface area contributed by atoms with E-state index in [-0.39, 0.29) is 6.61 Å². The van der Waals surface area contributed by atoms with Gasteiger partial charge in [-0.1, -0.05) is 6.07 Å². The number of aliphatic hydroxyl groups is 1. The Balaban J connectivity index is 2.01. The molecule has 1 aliphatic heterocycles. The molecule has 3 rings (SSSR count). The van der Waals surface area contributed by atoms with E-state index in [1.54, 1.807) is 6.33 Å². The molecule has 1 saturated heterocycles. The molecule has 2 heterocycles. The standard InChI is InChI=1S/C15H21N5O/c1-9-14(10(2)20-19-9)11-3-4-13-12(7-11)15(16-5-6-21)18-8-17-13/h3-4,7-10,14,19-21H,5-6H2,1-2H3,(H,16,17,18). The van der Waals surface area contributed by atoms with E-state index in [2.05, 4.69) is 52.1 Å². The number of anilines is 1. The van der Waals surface area contributed by atoms with Gasteiger partial charge in [-0.25, -0.2) is 9.97 Å². The molecule has 1 aliphatic rings. The summed E-state index contributed by atoms with van der Waals surface area (Å²) < 4.78 is 0. The number of hydrazine groups is 1. The van der Waals surface area contributed by atoms with Crippen molar-refractivity contribution in [1.29, 1.82) is 0 Å². The summed E-state index contributed by atoms with van der Waals surface area (Å²) in [7, 11) is 0. The van der Waals surface area contributed by atoms with Crippen LogP contribution in [0.2, 0.25) is 0 Å². The SMILES string of the molecule is CC1NNC(C)C1c1ccc2ncnc(NCCO)c2c1. The van der Waals surface area contributed by atoms with Gasteiger partial charge in [-0.15, -0.1) is 0 Å². The largest absolute Gasteiger partial charge is 0.395 e. The molecule has 6 heteroatoms. The molecule has 1 aromatic heterocycles. The number of hydrogen-bond acceptors (Lipinski definition) is 6. The molecule has 0 radical (unpaired) electrons. The van der Waals surface area contributed by atoms with Gasteiger partial charge in [0.15, 0.2) is 0 Å². The molecule has 6 nitrogen and oxygen atoms in total. The zero-order chi connectivity index (χ0) is 14.8. The molecule has 0 spiro atoms. The minimum Gasteiger partial charge on any atom is -0.395 e. The molecule has 2 unspecified atom stereocenters. The van der Waals surface area contributed by atoms with Gasteiger partial charge in [-0.2, -0.15) is 0 Å². The fourth-order valence-electron chi connectivity index (χ4n) is 3.05. The highest BCUT2D eigenvalue weighted by Crippen LogP contribution is 2.30. The fourth-order valence-corrected chi connectivity index (χ4v) is 3.05. The first-order chi connectivity index (χ1) is 10.2. The number of hydrogen-bond donors (Lipinski definition) is 4. The van der Waals surface area contributed by atoms with Gasteiger partial charge in [0.25, 0.3) is 0 Å². The summed E-state index contributed by atoms with van der Waals surface area (Å²) in [5.74, 6) is 1.18. The number of rotatable bonds is 4. The molecule has 2 aromatic rings. The second-order valence-corrected chi connectivity index (χ2v) is 5.54. The summed E-state index contributed by atoms with van der Waals surface area (Å²) in [6.07, 6.45) is 1.55. The Morgan fingerprint density at radius 3 is 2.67 bits per heavy atom. The van der Waals surface area contributed by atoms with Crippen molar-refractivity contribution in [3.63, 3.8) is 0 Å². The highest BCUT2D eigenvalue weighted by atomic mass is 16.3. The predicted octanol–water partition coefficient (Wildman–Crippen LogP) is 1.00. The number of nitrogens with one attached hydrogen (secondary N) is 3. The maximum Gasteiger partial charge on any atom is 0.137 e. The molecule has 0 aliphatic carbocycles. The van der Waals surface area contributed by atoms with Crippen LogP contribution in [0.4, 0.5) is 5.82 Å². The minimum absolute atomic E-state index is 0.0791. The molecule has 1 fully saturated rings. The van der Waals surface area contributed by atoms with Gasteiger partial charge in [-0.3, -0.25) is 10.9 Å². The van der Waals surface area contributed by atoms with Crippen LogP contribution in [0.5, 0.6) is 0 Å². The van der Waals surface area contributed by atoms with E-state index in [9.17, 15) is 0 Å². The van der Waals surface area contributed by atoms with Crippen molar-refractivity contribution in [1.82, 2.24) is 20.8 Å². The van der Waals surface area contributed by atoms with Gasteiger partial charge in [0.1, 0.15) is 12.1 Å². The average molecular weight is 287 g/mol. The quantitative estimate of drug-likeness (QED) is 0.672. The van der Waals surface area contributed by atoms with Gasteiger partial charge in [0.2, 0.25) is 0 Å². The van der Waals surface area contributed by atoms with Crippen LogP contribution in [-0.4, -0.2) is 40.3 Å². The van der Waals surface area contributed by atoms with Gasteiger partial charge in [0, 0.05) is 29.9 Å². The van der Waals surface area contributed by atoms with Crippen LogP contribution in [0.1, 0.15) is 25.3 Å². The lowest BCUT2D eigenvalue weighted by Crippen LogP contribution is -2.30. The van der Waals surface area contributed by atoms with E-state index < -0.39 is 0 Å². The zero-order valence-electron chi connectivity index (χ0n) is 12.3. The highest BCUT2D eigenvalue weighted by Gasteiger charge is 2.31. The van der Waals surface area contributed by atoms with Crippen molar-refractivity contribution in [2.45, 2.75) is 31.8 Å². The third-order valence-corrected chi connectivity index (χ3v) is 4.06. The van der Waals surface area contributed by atoms with Crippen LogP contribution >= 0.6 is 0 Å². The van der Waals surface area contributed by atoms with Gasteiger partial charge >= 0.3 is 0 Å². The Kier molecular flexibility index (Phi) is 4.01. The van der Waals surface area contributed by atoms with Gasteiger partial charge in [-0.05, 0) is 31.5 Å². The highest BCUT2D eigenvalue weighted by molar-refractivity contribution is 5.89. The summed E-state index contributed by atoms with van der Waals surface area (Å²) >= 11 is 0. The molecule has 0 bridgehead atoms. The van der Waals surface area contributed by atoms with E-state index in [0.29, 0.717) is 24.5 Å². The summed E-state index contributed by atoms with van der Waals surface area (Å²) in [4.78, 5) is 8.60. The number of aromatic nitrogens is 2. The smallest absolute Gasteiger partial charge is 0.137 e. The lowest BCUT2D eigenvalue weighted by atomic mass is 9.88. The third-order valence-electron chi connectivity index (χ3n) is 4.06. The molecule has 0 saturated carbocycles. The second-order valence-electron chi connectivity index (χ2n) is 5.54. The zero-order valence-corrected chi connectivity index (χ0v) is 12.3. The second kappa shape index (κ2) is 5.93. The molecule has 4 N–H and O–H groups in total. The minimum atomic E-state index is 0.0791. The van der Waals surface area contributed by atoms with Gasteiger partial charge in [0.05, 0.1) is 12.1 Å². The van der Waals surface area contributed by atoms with Gasteiger partial charge < -0.3 is 10.4 Å². The fraction of sp³-hybridized carbons (Fsp3) is 0.467. The van der Waals surface area contributed by atoms with E-state index in [1.165, 1.54) is 5.56 Å². The van der Waals surface area contributed by atoms with Crippen molar-refractivity contribution in [3.05, 3.63) is 30.1 Å². The molecular formula is C15H21N5O. The first-order valence-electron chi connectivity index (χ1n) is 7.31. The van der Waals surface area contributed by atoms with Crippen molar-refractivity contribution in [2.75, 3.05) is 18.5 Å². The number of fused-ring (bicyclic) bond motifs is 1. The maximum atomic E-state index is 8.97. The first-order valence-corrected chi connectivity index (χ1v) is 7.31. The van der Waals surface area contributed by atoms with Crippen molar-refractivity contribution >= 4 is 16.7 Å². The van der Waals surface area contributed by atoms with Crippen molar-refractivity contribution in [3.8, 4) is 0 Å². The molecule has 21 heavy (non-hydrogen) atoms. The number of benzene rings is 1. The summed E-state index contributed by atoms with van der Waals surface area (Å²) in [5, 5.41) is 13.1. The van der Waals surface area contributed by atoms with E-state index in [0.717, 1.165) is 16.7 Å². The van der Waals surface area contributed by atoms with Crippen LogP contribution in [0, 0.1) is 0 Å². The Morgan fingerprint density at radius 2 is 1.95 bits per heavy atom. The molecule has 0 amide bonds. The number of aliphatic hydroxyl groups excluding tert-OH is 1. The predicted molar refractivity (Wildman–Crippen MR) is 83.0 cm³/mol. The number of nitrogens with zero attached hydrogens (tertiary/aromatic N) is 2. The van der Waals surface area contributed by atoms with Crippen LogP contribution in [0.15, 0.2) is 24.5 Å². The summed E-state index contributed by atoms with van der Waals surface area (Å²) in [6, 6.07) is 7.07. The van der Waals surface area contributed by atoms with Crippen molar-refractivity contribution in [2.24, 2.45) is 0 Å². The summed E-state index contributed by atoms with van der Waals surface area (Å²) in [5.41, 5.74) is 8.75. The lowest BCUT2D eigenvalue weighted by molar-refractivity contribution is 0.311. The van der Waals surface area contributed by atoms with E-state index in [1.807, 2.05) is 6.07 Å². The van der Waals surface area contributed by atoms with E-state index in [4.69, 9.17) is 5.11 Å². The lowest BCUT2D eigenvalue weighted by Gasteiger charge is -2.19. The Bertz CT molecular complexity index is 622. The Hall–Kier alpha value is -1.76. The third kappa shape index (κ3) is 2.70. The molecular weight excluding hydrogens is 266 g/mol. The van der Waals surface area contributed by atoms with E-state index >= 15 is 0 Å². The van der Waals surface area contributed by atoms with Crippen molar-refractivity contribution < 1.29 is 5.11 Å². The molecule has 1 aromatic carbocycles. The normalized spacial score (nSPS) is 25.4. The van der Waals surface area contributed by atoms with Crippen LogP contribution in [-0.2, 0) is 0 Å². The topological polar surface area (TPSA) is 82.1 Å². The molecule has 2 atom stereocenters. The van der Waals surface area contributed by atoms with Crippen LogP contribution in [0.25, 0.3) is 10.9 Å². The van der Waals surface area contributed by atoms with Crippen LogP contribution in [0.3, 0.4) is 0 Å². The van der Waals surface area contributed by atoms with Crippen LogP contribution < -0.4 is 16.2 Å². The Morgan fingerprint density at radius 1 is 1.19 bits per heavy atom. The monoisotopic (exact) mass is 287 g/mol. The summed E-state index contributed by atoms with van der Waals surface area (Å²) in [6.45, 7) is 4.92.